The van der Waals surface area contributed by atoms with Gasteiger partial charge in [0.05, 0.1) is 24.4 Å². The molecule has 31 heavy (non-hydrogen) atoms. The van der Waals surface area contributed by atoms with E-state index in [1.54, 1.807) is 5.57 Å². The molecule has 170 valence electrons. The summed E-state index contributed by atoms with van der Waals surface area (Å²) in [6, 6.07) is 11.4. The van der Waals surface area contributed by atoms with E-state index >= 15 is 0 Å². The average Bonchev–Trinajstić information content (AvgIpc) is 3.25. The molecule has 0 amide bonds. The van der Waals surface area contributed by atoms with Gasteiger partial charge in [0.2, 0.25) is 0 Å². The lowest BCUT2D eigenvalue weighted by molar-refractivity contribution is 0.0512. The van der Waals surface area contributed by atoms with Crippen LogP contribution in [-0.4, -0.2) is 55.5 Å². The Kier molecular flexibility index (Phi) is 8.31. The fourth-order valence-electron chi connectivity index (χ4n) is 5.39. The quantitative estimate of drug-likeness (QED) is 0.559. The molecule has 0 spiro atoms. The number of nitrogens with zero attached hydrogens (tertiary/aromatic N) is 2. The van der Waals surface area contributed by atoms with E-state index < -0.39 is 0 Å². The van der Waals surface area contributed by atoms with Gasteiger partial charge in [-0.25, -0.2) is 0 Å². The normalized spacial score (nSPS) is 28.4. The van der Waals surface area contributed by atoms with E-state index in [9.17, 15) is 0 Å². The lowest BCUT2D eigenvalue weighted by Crippen LogP contribution is -2.46. The van der Waals surface area contributed by atoms with Crippen molar-refractivity contribution in [2.75, 3.05) is 26.2 Å². The maximum absolute atomic E-state index is 6.21. The Labute approximate surface area is 188 Å². The number of aliphatic imine (C=N–C) groups is 1. The minimum atomic E-state index is 0.296. The van der Waals surface area contributed by atoms with Gasteiger partial charge in [0.15, 0.2) is 0 Å². The van der Waals surface area contributed by atoms with Gasteiger partial charge < -0.3 is 15.8 Å². The number of hydrogen-bond acceptors (Lipinski definition) is 5. The first-order chi connectivity index (χ1) is 15.2. The van der Waals surface area contributed by atoms with Crippen molar-refractivity contribution in [2.24, 2.45) is 16.6 Å². The second-order valence-electron chi connectivity index (χ2n) is 9.52. The molecule has 2 heterocycles. The third-order valence-electron chi connectivity index (χ3n) is 7.16. The van der Waals surface area contributed by atoms with Crippen molar-refractivity contribution < 1.29 is 4.74 Å². The van der Waals surface area contributed by atoms with Crippen LogP contribution < -0.4 is 11.1 Å². The molecule has 3 aliphatic rings. The number of rotatable bonds is 10. The lowest BCUT2D eigenvalue weighted by Gasteiger charge is -2.39. The van der Waals surface area contributed by atoms with Gasteiger partial charge in [-0.15, -0.1) is 0 Å². The van der Waals surface area contributed by atoms with Crippen LogP contribution in [0.4, 0.5) is 0 Å². The molecule has 2 aliphatic heterocycles. The van der Waals surface area contributed by atoms with Crippen LogP contribution >= 0.6 is 0 Å². The Morgan fingerprint density at radius 3 is 2.94 bits per heavy atom. The third kappa shape index (κ3) is 6.04. The zero-order chi connectivity index (χ0) is 21.5. The Morgan fingerprint density at radius 1 is 1.23 bits per heavy atom. The fraction of sp³-hybridized carbons (Fsp3) is 0.654. The smallest absolute Gasteiger partial charge is 0.0721 e. The molecule has 1 aromatic carbocycles. The second kappa shape index (κ2) is 11.4. The lowest BCUT2D eigenvalue weighted by atomic mass is 9.82. The molecular formula is C26H40N4O. The zero-order valence-electron chi connectivity index (χ0n) is 19.1. The molecular weight excluding hydrogens is 384 g/mol. The number of allylic oxidation sites excluding steroid dienone is 1. The minimum absolute atomic E-state index is 0.296. The summed E-state index contributed by atoms with van der Waals surface area (Å²) >= 11 is 0. The number of ether oxygens (including phenoxy) is 1. The van der Waals surface area contributed by atoms with E-state index in [-0.39, 0.29) is 0 Å². The molecule has 1 fully saturated rings. The monoisotopic (exact) mass is 424 g/mol. The number of unbranched alkanes of at least 4 members (excludes halogenated alkanes) is 1. The van der Waals surface area contributed by atoms with Crippen molar-refractivity contribution >= 4 is 6.21 Å². The highest BCUT2D eigenvalue weighted by molar-refractivity contribution is 5.63. The zero-order valence-corrected chi connectivity index (χ0v) is 19.1. The SMILES string of the molecule is CC1CC=NC2=C1CCC[C@@H]2N(CCCCN)C[C@@H]1CC(OCc2ccccc2)CN1. The van der Waals surface area contributed by atoms with Crippen LogP contribution in [0.3, 0.4) is 0 Å². The molecule has 0 radical (unpaired) electrons. The molecule has 3 N–H and O–H groups in total. The summed E-state index contributed by atoms with van der Waals surface area (Å²) in [4.78, 5) is 7.63. The van der Waals surface area contributed by atoms with Crippen molar-refractivity contribution in [3.63, 3.8) is 0 Å². The highest BCUT2D eigenvalue weighted by Gasteiger charge is 2.34. The minimum Gasteiger partial charge on any atom is -0.372 e. The van der Waals surface area contributed by atoms with Crippen LogP contribution in [-0.2, 0) is 11.3 Å². The predicted octanol–water partition coefficient (Wildman–Crippen LogP) is 3.89. The molecule has 0 bridgehead atoms. The Morgan fingerprint density at radius 2 is 2.10 bits per heavy atom. The first-order valence-electron chi connectivity index (χ1n) is 12.3. The van der Waals surface area contributed by atoms with Gasteiger partial charge in [-0.1, -0.05) is 37.3 Å². The highest BCUT2D eigenvalue weighted by atomic mass is 16.5. The molecule has 4 rings (SSSR count). The second-order valence-corrected chi connectivity index (χ2v) is 9.52. The van der Waals surface area contributed by atoms with Crippen molar-refractivity contribution in [3.8, 4) is 0 Å². The van der Waals surface area contributed by atoms with Crippen LogP contribution in [0.25, 0.3) is 0 Å². The number of nitrogens with two attached hydrogens (primary N) is 1. The van der Waals surface area contributed by atoms with Crippen LogP contribution in [0.15, 0.2) is 46.6 Å². The van der Waals surface area contributed by atoms with E-state index in [4.69, 9.17) is 15.5 Å². The summed E-state index contributed by atoms with van der Waals surface area (Å²) in [6.45, 7) is 6.97. The van der Waals surface area contributed by atoms with Crippen LogP contribution in [0.5, 0.6) is 0 Å². The first kappa shape index (κ1) is 22.7. The fourth-order valence-corrected chi connectivity index (χ4v) is 5.39. The number of nitrogens with one attached hydrogen (secondary N) is 1. The largest absolute Gasteiger partial charge is 0.372 e. The van der Waals surface area contributed by atoms with E-state index in [1.807, 2.05) is 0 Å². The van der Waals surface area contributed by atoms with Gasteiger partial charge in [0.1, 0.15) is 0 Å². The molecule has 4 atom stereocenters. The van der Waals surface area contributed by atoms with Gasteiger partial charge in [0.25, 0.3) is 0 Å². The summed E-state index contributed by atoms with van der Waals surface area (Å²) in [5.41, 5.74) is 10.0. The Bertz CT molecular complexity index is 747. The summed E-state index contributed by atoms with van der Waals surface area (Å²) in [5.74, 6) is 0.654. The standard InChI is InChI=1S/C26H40N4O/c1-20-12-14-28-26-24(20)10-7-11-25(26)30(15-6-5-13-27)18-22-16-23(17-29-22)31-19-21-8-3-2-4-9-21/h2-4,8-9,14,20,22-23,25,29H,5-7,10-13,15-19,27H2,1H3/t20?,22-,23?,25-/m0/s1. The highest BCUT2D eigenvalue weighted by Crippen LogP contribution is 2.37. The molecule has 1 saturated heterocycles. The van der Waals surface area contributed by atoms with Crippen LogP contribution in [0.1, 0.15) is 57.4 Å². The van der Waals surface area contributed by atoms with E-state index in [0.717, 1.165) is 51.9 Å². The van der Waals surface area contributed by atoms with Crippen molar-refractivity contribution in [2.45, 2.75) is 76.7 Å². The van der Waals surface area contributed by atoms with Gasteiger partial charge in [-0.3, -0.25) is 9.89 Å². The molecule has 0 aromatic heterocycles. The van der Waals surface area contributed by atoms with Gasteiger partial charge in [-0.05, 0) is 75.1 Å². The molecule has 0 saturated carbocycles. The van der Waals surface area contributed by atoms with Crippen molar-refractivity contribution in [1.29, 1.82) is 0 Å². The van der Waals surface area contributed by atoms with Crippen LogP contribution in [0, 0.1) is 5.92 Å². The van der Waals surface area contributed by atoms with Crippen molar-refractivity contribution in [1.82, 2.24) is 10.2 Å². The van der Waals surface area contributed by atoms with E-state index in [0.29, 0.717) is 30.7 Å². The Balaban J connectivity index is 1.37. The first-order valence-corrected chi connectivity index (χ1v) is 12.3. The van der Waals surface area contributed by atoms with Gasteiger partial charge in [-0.2, -0.15) is 0 Å². The molecule has 1 aliphatic carbocycles. The summed E-state index contributed by atoms with van der Waals surface area (Å²) in [6.07, 6.45) is 10.6. The maximum atomic E-state index is 6.21. The average molecular weight is 425 g/mol. The molecule has 2 unspecified atom stereocenters. The number of benzene rings is 1. The predicted molar refractivity (Wildman–Crippen MR) is 128 cm³/mol. The van der Waals surface area contributed by atoms with Gasteiger partial charge >= 0.3 is 0 Å². The third-order valence-corrected chi connectivity index (χ3v) is 7.16. The van der Waals surface area contributed by atoms with Crippen molar-refractivity contribution in [3.05, 3.63) is 47.2 Å². The Hall–Kier alpha value is -1.53. The molecule has 5 nitrogen and oxygen atoms in total. The summed E-state index contributed by atoms with van der Waals surface area (Å²) in [7, 11) is 0. The van der Waals surface area contributed by atoms with Crippen LogP contribution in [0.2, 0.25) is 0 Å². The molecule has 1 aromatic rings. The van der Waals surface area contributed by atoms with E-state index in [2.05, 4.69) is 53.7 Å². The van der Waals surface area contributed by atoms with Gasteiger partial charge in [0, 0.05) is 25.3 Å². The molecule has 5 heteroatoms. The topological polar surface area (TPSA) is 62.9 Å². The van der Waals surface area contributed by atoms with E-state index in [1.165, 1.54) is 30.5 Å². The number of hydrogen-bond donors (Lipinski definition) is 2. The summed E-state index contributed by atoms with van der Waals surface area (Å²) in [5, 5.41) is 3.74. The maximum Gasteiger partial charge on any atom is 0.0721 e. The summed E-state index contributed by atoms with van der Waals surface area (Å²) < 4.78 is 6.21.